The highest BCUT2D eigenvalue weighted by Crippen LogP contribution is 2.25. The maximum atomic E-state index is 12.0. The van der Waals surface area contributed by atoms with Crippen LogP contribution in [0.5, 0.6) is 11.5 Å². The molecule has 22 heavy (non-hydrogen) atoms. The van der Waals surface area contributed by atoms with Crippen molar-refractivity contribution in [3.05, 3.63) is 59.1 Å². The van der Waals surface area contributed by atoms with Gasteiger partial charge in [0.2, 0.25) is 0 Å². The average molecular weight is 320 g/mol. The molecule has 0 unspecified atom stereocenters. The zero-order valence-electron chi connectivity index (χ0n) is 12.5. The Morgan fingerprint density at radius 1 is 1.14 bits per heavy atom. The van der Waals surface area contributed by atoms with Gasteiger partial charge in [-0.3, -0.25) is 4.79 Å². The van der Waals surface area contributed by atoms with Gasteiger partial charge in [-0.25, -0.2) is 0 Å². The number of benzene rings is 2. The van der Waals surface area contributed by atoms with Crippen LogP contribution in [0.2, 0.25) is 5.02 Å². The quantitative estimate of drug-likeness (QED) is 0.885. The summed E-state index contributed by atoms with van der Waals surface area (Å²) in [5, 5.41) is 3.35. The van der Waals surface area contributed by atoms with Crippen molar-refractivity contribution < 1.29 is 14.3 Å². The molecule has 0 spiro atoms. The maximum Gasteiger partial charge on any atom is 0.258 e. The Hall–Kier alpha value is -2.20. The fourth-order valence-corrected chi connectivity index (χ4v) is 2.28. The van der Waals surface area contributed by atoms with Crippen molar-refractivity contribution in [2.45, 2.75) is 13.0 Å². The third kappa shape index (κ3) is 4.15. The summed E-state index contributed by atoms with van der Waals surface area (Å²) < 4.78 is 10.7. The fraction of sp³-hybridized carbons (Fsp3) is 0.235. The van der Waals surface area contributed by atoms with Gasteiger partial charge in [0.05, 0.1) is 18.2 Å². The number of carbonyl (C=O) groups is 1. The first kappa shape index (κ1) is 16.2. The van der Waals surface area contributed by atoms with E-state index in [1.165, 1.54) is 0 Å². The summed E-state index contributed by atoms with van der Waals surface area (Å²) in [7, 11) is 1.61. The normalized spacial score (nSPS) is 11.6. The van der Waals surface area contributed by atoms with E-state index in [1.807, 2.05) is 31.2 Å². The summed E-state index contributed by atoms with van der Waals surface area (Å²) in [6, 6.07) is 14.4. The Balaban J connectivity index is 1.93. The lowest BCUT2D eigenvalue weighted by Crippen LogP contribution is -2.31. The standard InChI is InChI=1S/C17H18ClNO3/c1-12(13-7-3-5-9-15(13)21-2)19-17(20)11-22-16-10-6-4-8-14(16)18/h3-10,12H,11H2,1-2H3,(H,19,20)/t12-/m1/s1. The molecule has 0 aliphatic heterocycles. The number of nitrogens with one attached hydrogen (secondary N) is 1. The zero-order valence-corrected chi connectivity index (χ0v) is 13.3. The van der Waals surface area contributed by atoms with Crippen LogP contribution in [0.3, 0.4) is 0 Å². The van der Waals surface area contributed by atoms with Crippen LogP contribution in [-0.4, -0.2) is 19.6 Å². The number of hydrogen-bond donors (Lipinski definition) is 1. The minimum atomic E-state index is -0.224. The van der Waals surface area contributed by atoms with Gasteiger partial charge >= 0.3 is 0 Å². The van der Waals surface area contributed by atoms with Gasteiger partial charge in [0.25, 0.3) is 5.91 Å². The highest BCUT2D eigenvalue weighted by Gasteiger charge is 2.14. The van der Waals surface area contributed by atoms with Gasteiger partial charge in [0.15, 0.2) is 6.61 Å². The lowest BCUT2D eigenvalue weighted by molar-refractivity contribution is -0.123. The first-order chi connectivity index (χ1) is 10.6. The van der Waals surface area contributed by atoms with Crippen LogP contribution >= 0.6 is 11.6 Å². The van der Waals surface area contributed by atoms with E-state index in [0.29, 0.717) is 10.8 Å². The third-order valence-corrected chi connectivity index (χ3v) is 3.49. The van der Waals surface area contributed by atoms with Crippen LogP contribution in [0, 0.1) is 0 Å². The second-order valence-electron chi connectivity index (χ2n) is 4.75. The molecule has 2 aromatic carbocycles. The van der Waals surface area contributed by atoms with E-state index < -0.39 is 0 Å². The fourth-order valence-electron chi connectivity index (χ4n) is 2.09. The zero-order chi connectivity index (χ0) is 15.9. The number of rotatable bonds is 6. The molecule has 0 aromatic heterocycles. The highest BCUT2D eigenvalue weighted by atomic mass is 35.5. The number of ether oxygens (including phenoxy) is 2. The summed E-state index contributed by atoms with van der Waals surface area (Å²) in [4.78, 5) is 12.0. The molecule has 1 atom stereocenters. The van der Waals surface area contributed by atoms with Gasteiger partial charge < -0.3 is 14.8 Å². The summed E-state index contributed by atoms with van der Waals surface area (Å²) in [6.45, 7) is 1.80. The molecule has 2 aromatic rings. The number of methoxy groups -OCH3 is 1. The van der Waals surface area contributed by atoms with Gasteiger partial charge in [0, 0.05) is 5.56 Å². The van der Waals surface area contributed by atoms with Gasteiger partial charge in [-0.2, -0.15) is 0 Å². The summed E-state index contributed by atoms with van der Waals surface area (Å²) >= 11 is 5.98. The molecule has 5 heteroatoms. The Morgan fingerprint density at radius 3 is 2.45 bits per heavy atom. The van der Waals surface area contributed by atoms with Crippen molar-refractivity contribution in [2.24, 2.45) is 0 Å². The minimum Gasteiger partial charge on any atom is -0.496 e. The molecule has 0 radical (unpaired) electrons. The van der Waals surface area contributed by atoms with E-state index in [4.69, 9.17) is 21.1 Å². The maximum absolute atomic E-state index is 12.0. The smallest absolute Gasteiger partial charge is 0.258 e. The van der Waals surface area contributed by atoms with Crippen LogP contribution in [0.4, 0.5) is 0 Å². The van der Waals surface area contributed by atoms with E-state index in [2.05, 4.69) is 5.32 Å². The molecular formula is C17H18ClNO3. The van der Waals surface area contributed by atoms with Gasteiger partial charge in [-0.05, 0) is 25.1 Å². The number of amides is 1. The molecular weight excluding hydrogens is 302 g/mol. The number of hydrogen-bond acceptors (Lipinski definition) is 3. The molecule has 116 valence electrons. The molecule has 4 nitrogen and oxygen atoms in total. The van der Waals surface area contributed by atoms with Crippen molar-refractivity contribution in [1.29, 1.82) is 0 Å². The molecule has 0 bridgehead atoms. The first-order valence-electron chi connectivity index (χ1n) is 6.91. The van der Waals surface area contributed by atoms with Gasteiger partial charge in [0.1, 0.15) is 11.5 Å². The largest absolute Gasteiger partial charge is 0.496 e. The first-order valence-corrected chi connectivity index (χ1v) is 7.29. The lowest BCUT2D eigenvalue weighted by atomic mass is 10.1. The van der Waals surface area contributed by atoms with Gasteiger partial charge in [-0.15, -0.1) is 0 Å². The van der Waals surface area contributed by atoms with Crippen LogP contribution in [0.1, 0.15) is 18.5 Å². The highest BCUT2D eigenvalue weighted by molar-refractivity contribution is 6.32. The molecule has 0 aliphatic rings. The minimum absolute atomic E-state index is 0.0940. The molecule has 2 rings (SSSR count). The predicted molar refractivity (Wildman–Crippen MR) is 86.5 cm³/mol. The molecule has 1 N–H and O–H groups in total. The molecule has 1 amide bonds. The Kier molecular flexibility index (Phi) is 5.67. The Labute approximate surface area is 135 Å². The van der Waals surface area contributed by atoms with Crippen LogP contribution < -0.4 is 14.8 Å². The van der Waals surface area contributed by atoms with Crippen molar-refractivity contribution in [3.8, 4) is 11.5 Å². The van der Waals surface area contributed by atoms with Crippen LogP contribution in [-0.2, 0) is 4.79 Å². The Bertz CT molecular complexity index is 645. The van der Waals surface area contributed by atoms with Crippen molar-refractivity contribution in [1.82, 2.24) is 5.32 Å². The van der Waals surface area contributed by atoms with E-state index in [9.17, 15) is 4.79 Å². The van der Waals surface area contributed by atoms with E-state index in [-0.39, 0.29) is 18.6 Å². The molecule has 0 aliphatic carbocycles. The van der Waals surface area contributed by atoms with Crippen LogP contribution in [0.25, 0.3) is 0 Å². The van der Waals surface area contributed by atoms with Crippen molar-refractivity contribution >= 4 is 17.5 Å². The number of halogens is 1. The van der Waals surface area contributed by atoms with E-state index in [1.54, 1.807) is 31.4 Å². The second kappa shape index (κ2) is 7.71. The number of carbonyl (C=O) groups excluding carboxylic acids is 1. The van der Waals surface area contributed by atoms with Crippen molar-refractivity contribution in [2.75, 3.05) is 13.7 Å². The monoisotopic (exact) mass is 319 g/mol. The average Bonchev–Trinajstić information content (AvgIpc) is 2.54. The molecule has 0 heterocycles. The molecule has 0 saturated carbocycles. The molecule has 0 fully saturated rings. The number of para-hydroxylation sites is 2. The topological polar surface area (TPSA) is 47.6 Å². The third-order valence-electron chi connectivity index (χ3n) is 3.18. The summed E-state index contributed by atoms with van der Waals surface area (Å²) in [5.74, 6) is 1.00. The second-order valence-corrected chi connectivity index (χ2v) is 5.16. The summed E-state index contributed by atoms with van der Waals surface area (Å²) in [6.07, 6.45) is 0. The summed E-state index contributed by atoms with van der Waals surface area (Å²) in [5.41, 5.74) is 0.913. The van der Waals surface area contributed by atoms with E-state index in [0.717, 1.165) is 11.3 Å². The van der Waals surface area contributed by atoms with E-state index >= 15 is 0 Å². The predicted octanol–water partition coefficient (Wildman–Crippen LogP) is 3.60. The van der Waals surface area contributed by atoms with Crippen LogP contribution in [0.15, 0.2) is 48.5 Å². The lowest BCUT2D eigenvalue weighted by Gasteiger charge is -2.17. The Morgan fingerprint density at radius 2 is 1.77 bits per heavy atom. The molecule has 0 saturated heterocycles. The van der Waals surface area contributed by atoms with Crippen molar-refractivity contribution in [3.63, 3.8) is 0 Å². The van der Waals surface area contributed by atoms with Gasteiger partial charge in [-0.1, -0.05) is 41.9 Å². The SMILES string of the molecule is COc1ccccc1[C@@H](C)NC(=O)COc1ccccc1Cl.